The van der Waals surface area contributed by atoms with Gasteiger partial charge in [-0.15, -0.1) is 0 Å². The van der Waals surface area contributed by atoms with Crippen molar-refractivity contribution in [2.75, 3.05) is 6.54 Å². The van der Waals surface area contributed by atoms with Crippen LogP contribution in [0.1, 0.15) is 38.5 Å². The topological polar surface area (TPSA) is 62.4 Å². The van der Waals surface area contributed by atoms with Crippen LogP contribution in [0.3, 0.4) is 0 Å². The zero-order valence-electron chi connectivity index (χ0n) is 12.0. The predicted molar refractivity (Wildman–Crippen MR) is 73.5 cm³/mol. The standard InChI is InChI=1S/C12H21F4N3O2S/c13-12(14,15)22(20)19-9-5-2-1-4-8(9)18-11(21-16)10-6-3-7-17-10/h8-11,17-19H,1-7H2/t8-,9-,10?,11?,22?/m1/s1. The lowest BCUT2D eigenvalue weighted by Crippen LogP contribution is -2.58. The minimum Gasteiger partial charge on any atom is -0.310 e. The summed E-state index contributed by atoms with van der Waals surface area (Å²) in [5.41, 5.74) is -4.80. The number of hydrogen-bond acceptors (Lipinski definition) is 4. The Morgan fingerprint density at radius 2 is 1.82 bits per heavy atom. The van der Waals surface area contributed by atoms with Crippen LogP contribution >= 0.6 is 0 Å². The summed E-state index contributed by atoms with van der Waals surface area (Å²) in [6.07, 6.45) is 3.33. The molecule has 0 aromatic rings. The molecule has 2 rings (SSSR count). The molecule has 0 radical (unpaired) electrons. The zero-order valence-corrected chi connectivity index (χ0v) is 12.8. The van der Waals surface area contributed by atoms with Gasteiger partial charge in [0, 0.05) is 12.1 Å². The largest absolute Gasteiger partial charge is 0.485 e. The third-order valence-electron chi connectivity index (χ3n) is 4.17. The molecule has 10 heteroatoms. The summed E-state index contributed by atoms with van der Waals surface area (Å²) >= 11 is 0. The van der Waals surface area contributed by atoms with Crippen LogP contribution in [0.5, 0.6) is 0 Å². The molecule has 2 fully saturated rings. The average molecular weight is 347 g/mol. The van der Waals surface area contributed by atoms with Gasteiger partial charge in [0.1, 0.15) is 0 Å². The molecular formula is C12H21F4N3O2S. The molecule has 3 N–H and O–H groups in total. The Kier molecular flexibility index (Phi) is 6.57. The Bertz CT molecular complexity index is 380. The van der Waals surface area contributed by atoms with Gasteiger partial charge in [0.15, 0.2) is 17.2 Å². The van der Waals surface area contributed by atoms with Gasteiger partial charge >= 0.3 is 5.51 Å². The molecule has 1 aliphatic heterocycles. The Hall–Kier alpha value is -0.290. The second-order valence-corrected chi connectivity index (χ2v) is 6.95. The van der Waals surface area contributed by atoms with Gasteiger partial charge in [-0.2, -0.15) is 18.1 Å². The van der Waals surface area contributed by atoms with Crippen LogP contribution in [-0.4, -0.2) is 40.6 Å². The number of halogens is 4. The highest BCUT2D eigenvalue weighted by Crippen LogP contribution is 2.24. The fourth-order valence-corrected chi connectivity index (χ4v) is 3.75. The maximum atomic E-state index is 12.8. The van der Waals surface area contributed by atoms with E-state index >= 15 is 0 Å². The molecule has 1 aliphatic carbocycles. The van der Waals surface area contributed by atoms with E-state index in [0.29, 0.717) is 12.8 Å². The van der Waals surface area contributed by atoms with Gasteiger partial charge in [-0.25, -0.2) is 8.93 Å². The maximum Gasteiger partial charge on any atom is 0.485 e. The molecular weight excluding hydrogens is 326 g/mol. The molecule has 0 spiro atoms. The molecule has 130 valence electrons. The molecule has 2 aliphatic rings. The lowest BCUT2D eigenvalue weighted by molar-refractivity contribution is -0.201. The van der Waals surface area contributed by atoms with Crippen molar-refractivity contribution in [3.63, 3.8) is 0 Å². The molecule has 22 heavy (non-hydrogen) atoms. The normalized spacial score (nSPS) is 32.8. The minimum absolute atomic E-state index is 0.208. The monoisotopic (exact) mass is 347 g/mol. The summed E-state index contributed by atoms with van der Waals surface area (Å²) in [7, 11) is -3.11. The van der Waals surface area contributed by atoms with Gasteiger partial charge < -0.3 is 5.32 Å². The molecule has 5 nitrogen and oxygen atoms in total. The first-order valence-corrected chi connectivity index (χ1v) is 8.58. The minimum atomic E-state index is -4.80. The van der Waals surface area contributed by atoms with Crippen LogP contribution < -0.4 is 15.4 Å². The molecule has 0 aromatic carbocycles. The van der Waals surface area contributed by atoms with Crippen LogP contribution in [0.25, 0.3) is 0 Å². The SMILES string of the molecule is O=S(N[C@@H]1CCCC[C@H]1NC(OF)C1CCCN1)C(F)(F)F. The average Bonchev–Trinajstić information content (AvgIpc) is 2.99. The van der Waals surface area contributed by atoms with Crippen LogP contribution in [0, 0.1) is 0 Å². The van der Waals surface area contributed by atoms with Crippen molar-refractivity contribution >= 4 is 11.0 Å². The van der Waals surface area contributed by atoms with Crippen molar-refractivity contribution in [3.8, 4) is 0 Å². The summed E-state index contributed by atoms with van der Waals surface area (Å²) in [6, 6.07) is -1.25. The molecule has 0 bridgehead atoms. The Morgan fingerprint density at radius 3 is 2.36 bits per heavy atom. The third-order valence-corrected chi connectivity index (χ3v) is 5.11. The molecule has 5 atom stereocenters. The molecule has 3 unspecified atom stereocenters. The van der Waals surface area contributed by atoms with E-state index in [1.54, 1.807) is 0 Å². The highest BCUT2D eigenvalue weighted by atomic mass is 32.2. The zero-order chi connectivity index (χ0) is 16.2. The van der Waals surface area contributed by atoms with Gasteiger partial charge in [-0.1, -0.05) is 12.8 Å². The first kappa shape index (κ1) is 18.1. The summed E-state index contributed by atoms with van der Waals surface area (Å²) in [4.78, 5) is 3.96. The van der Waals surface area contributed by atoms with Crippen molar-refractivity contribution < 1.29 is 26.8 Å². The molecule has 1 saturated heterocycles. The van der Waals surface area contributed by atoms with Crippen LogP contribution in [-0.2, 0) is 15.9 Å². The van der Waals surface area contributed by atoms with Crippen molar-refractivity contribution in [3.05, 3.63) is 0 Å². The lowest BCUT2D eigenvalue weighted by atomic mass is 9.90. The molecule has 1 saturated carbocycles. The summed E-state index contributed by atoms with van der Waals surface area (Å²) in [5.74, 6) is 0. The molecule has 0 aromatic heterocycles. The fraction of sp³-hybridized carbons (Fsp3) is 1.00. The number of hydrogen-bond donors (Lipinski definition) is 3. The van der Waals surface area contributed by atoms with Crippen molar-refractivity contribution in [2.45, 2.75) is 68.4 Å². The number of nitrogens with one attached hydrogen (secondary N) is 3. The van der Waals surface area contributed by atoms with E-state index in [1.165, 1.54) is 0 Å². The Morgan fingerprint density at radius 1 is 1.14 bits per heavy atom. The van der Waals surface area contributed by atoms with Crippen LogP contribution in [0.15, 0.2) is 0 Å². The van der Waals surface area contributed by atoms with Gasteiger partial charge in [0.2, 0.25) is 0 Å². The molecule has 0 amide bonds. The van der Waals surface area contributed by atoms with Gasteiger partial charge in [0.05, 0.1) is 6.04 Å². The smallest absolute Gasteiger partial charge is 0.310 e. The van der Waals surface area contributed by atoms with E-state index in [-0.39, 0.29) is 6.04 Å². The van der Waals surface area contributed by atoms with Crippen molar-refractivity contribution in [1.82, 2.24) is 15.4 Å². The number of alkyl halides is 3. The highest BCUT2D eigenvalue weighted by Gasteiger charge is 2.41. The Labute approximate surface area is 129 Å². The van der Waals surface area contributed by atoms with E-state index in [4.69, 9.17) is 0 Å². The quantitative estimate of drug-likeness (QED) is 0.505. The van der Waals surface area contributed by atoms with E-state index < -0.39 is 34.8 Å². The van der Waals surface area contributed by atoms with Gasteiger partial charge in [-0.05, 0) is 36.8 Å². The van der Waals surface area contributed by atoms with E-state index in [1.807, 2.05) is 0 Å². The van der Waals surface area contributed by atoms with Gasteiger partial charge in [0.25, 0.3) is 0 Å². The summed E-state index contributed by atoms with van der Waals surface area (Å²) < 4.78 is 63.4. The summed E-state index contributed by atoms with van der Waals surface area (Å²) in [5, 5.41) is 6.02. The fourth-order valence-electron chi connectivity index (χ4n) is 3.06. The Balaban J connectivity index is 1.95. The second kappa shape index (κ2) is 8.00. The van der Waals surface area contributed by atoms with Gasteiger partial charge in [-0.3, -0.25) is 5.32 Å². The second-order valence-electron chi connectivity index (χ2n) is 5.71. The van der Waals surface area contributed by atoms with E-state index in [0.717, 1.165) is 32.2 Å². The third kappa shape index (κ3) is 4.85. The highest BCUT2D eigenvalue weighted by molar-refractivity contribution is 7.83. The van der Waals surface area contributed by atoms with Crippen LogP contribution in [0.2, 0.25) is 0 Å². The van der Waals surface area contributed by atoms with Crippen molar-refractivity contribution in [2.24, 2.45) is 0 Å². The van der Waals surface area contributed by atoms with E-state index in [2.05, 4.69) is 20.3 Å². The predicted octanol–water partition coefficient (Wildman–Crippen LogP) is 1.64. The maximum absolute atomic E-state index is 12.8. The lowest BCUT2D eigenvalue weighted by Gasteiger charge is -2.35. The first-order chi connectivity index (χ1) is 10.4. The summed E-state index contributed by atoms with van der Waals surface area (Å²) in [6.45, 7) is 0.761. The van der Waals surface area contributed by atoms with E-state index in [9.17, 15) is 21.9 Å². The molecule has 1 heterocycles. The van der Waals surface area contributed by atoms with Crippen LogP contribution in [0.4, 0.5) is 17.7 Å². The van der Waals surface area contributed by atoms with Crippen molar-refractivity contribution in [1.29, 1.82) is 0 Å². The first-order valence-electron chi connectivity index (χ1n) is 7.43. The number of rotatable bonds is 6.